The molecule has 3 rings (SSSR count). The van der Waals surface area contributed by atoms with E-state index in [0.717, 1.165) is 38.0 Å². The van der Waals surface area contributed by atoms with Gasteiger partial charge in [0.1, 0.15) is 5.69 Å². The van der Waals surface area contributed by atoms with E-state index in [9.17, 15) is 4.79 Å². The largest absolute Gasteiger partial charge is 0.376 e. The van der Waals surface area contributed by atoms with E-state index in [4.69, 9.17) is 20.9 Å². The van der Waals surface area contributed by atoms with E-state index >= 15 is 0 Å². The number of benzene rings is 1. The van der Waals surface area contributed by atoms with Crippen LogP contribution >= 0.6 is 11.6 Å². The summed E-state index contributed by atoms with van der Waals surface area (Å²) in [5.74, 6) is 0.587. The predicted molar refractivity (Wildman–Crippen MR) is 100 cm³/mol. The van der Waals surface area contributed by atoms with Crippen LogP contribution in [0.5, 0.6) is 0 Å². The predicted octanol–water partition coefficient (Wildman–Crippen LogP) is 4.10. The van der Waals surface area contributed by atoms with Gasteiger partial charge in [0.25, 0.3) is 0 Å². The number of carbonyl (C=O) groups is 1. The topological polar surface area (TPSA) is 67.6 Å². The summed E-state index contributed by atoms with van der Waals surface area (Å²) in [5.41, 5.74) is 1.47. The first-order valence-electron chi connectivity index (χ1n) is 9.02. The van der Waals surface area contributed by atoms with Crippen LogP contribution in [0.15, 0.2) is 34.9 Å². The van der Waals surface area contributed by atoms with Gasteiger partial charge in [-0.05, 0) is 25.3 Å². The molecule has 7 heteroatoms. The van der Waals surface area contributed by atoms with Crippen LogP contribution in [0.1, 0.15) is 31.9 Å². The molecule has 0 aliphatic carbocycles. The van der Waals surface area contributed by atoms with Gasteiger partial charge in [-0.25, -0.2) is 4.79 Å². The minimum Gasteiger partial charge on any atom is -0.376 e. The molecular formula is C19H24ClN3O3. The lowest BCUT2D eigenvalue weighted by molar-refractivity contribution is 0.00996. The Balaban J connectivity index is 1.53. The zero-order valence-corrected chi connectivity index (χ0v) is 15.7. The molecule has 26 heavy (non-hydrogen) atoms. The summed E-state index contributed by atoms with van der Waals surface area (Å²) in [4.78, 5) is 14.2. The van der Waals surface area contributed by atoms with E-state index < -0.39 is 0 Å². The third kappa shape index (κ3) is 4.77. The second-order valence-corrected chi connectivity index (χ2v) is 6.81. The minimum absolute atomic E-state index is 0.106. The monoisotopic (exact) mass is 377 g/mol. The highest BCUT2D eigenvalue weighted by Crippen LogP contribution is 2.26. The maximum atomic E-state index is 12.4. The summed E-state index contributed by atoms with van der Waals surface area (Å²) in [6.07, 6.45) is 3.09. The number of hydrogen-bond donors (Lipinski definition) is 1. The van der Waals surface area contributed by atoms with Crippen molar-refractivity contribution in [1.82, 2.24) is 15.4 Å². The minimum atomic E-state index is -0.106. The van der Waals surface area contributed by atoms with Crippen LogP contribution in [0.2, 0.25) is 5.02 Å². The average Bonchev–Trinajstić information content (AvgIpc) is 3.14. The van der Waals surface area contributed by atoms with Crippen LogP contribution in [-0.2, 0) is 11.3 Å². The number of nitrogens with zero attached hydrogens (tertiary/aromatic N) is 2. The van der Waals surface area contributed by atoms with Crippen LogP contribution in [0, 0.1) is 0 Å². The fourth-order valence-electron chi connectivity index (χ4n) is 3.01. The number of carbonyl (C=O) groups excluding carboxylic acids is 1. The molecule has 1 saturated heterocycles. The van der Waals surface area contributed by atoms with Crippen LogP contribution < -0.4 is 5.32 Å². The maximum absolute atomic E-state index is 12.4. The van der Waals surface area contributed by atoms with Crippen LogP contribution in [0.3, 0.4) is 0 Å². The lowest BCUT2D eigenvalue weighted by Crippen LogP contribution is -2.47. The summed E-state index contributed by atoms with van der Waals surface area (Å²) in [6, 6.07) is 9.14. The van der Waals surface area contributed by atoms with E-state index in [1.54, 1.807) is 17.0 Å². The number of urea groups is 1. The highest BCUT2D eigenvalue weighted by atomic mass is 35.5. The number of aromatic nitrogens is 1. The molecular weight excluding hydrogens is 354 g/mol. The van der Waals surface area contributed by atoms with E-state index in [-0.39, 0.29) is 18.7 Å². The van der Waals surface area contributed by atoms with Gasteiger partial charge in [0, 0.05) is 31.3 Å². The normalized spacial score (nSPS) is 17.3. The summed E-state index contributed by atoms with van der Waals surface area (Å²) in [5, 5.41) is 7.54. The molecule has 0 bridgehead atoms. The number of likely N-dealkylation sites (tertiary alicyclic amines) is 1. The van der Waals surface area contributed by atoms with Crippen LogP contribution in [0.25, 0.3) is 11.3 Å². The van der Waals surface area contributed by atoms with E-state index in [1.165, 1.54) is 0 Å². The first-order valence-corrected chi connectivity index (χ1v) is 9.40. The number of hydrogen-bond acceptors (Lipinski definition) is 4. The second kappa shape index (κ2) is 9.05. The van der Waals surface area contributed by atoms with Crippen molar-refractivity contribution in [2.45, 2.75) is 38.8 Å². The highest BCUT2D eigenvalue weighted by molar-refractivity contribution is 6.33. The number of ether oxygens (including phenoxy) is 1. The number of rotatable bonds is 6. The summed E-state index contributed by atoms with van der Waals surface area (Å²) in [7, 11) is 0. The van der Waals surface area contributed by atoms with Gasteiger partial charge in [0.05, 0.1) is 17.7 Å². The summed E-state index contributed by atoms with van der Waals surface area (Å²) >= 11 is 6.18. The molecule has 0 saturated carbocycles. The number of nitrogens with one attached hydrogen (secondary N) is 1. The summed E-state index contributed by atoms with van der Waals surface area (Å²) < 4.78 is 11.1. The van der Waals surface area contributed by atoms with Crippen LogP contribution in [-0.4, -0.2) is 41.9 Å². The lowest BCUT2D eigenvalue weighted by atomic mass is 10.1. The molecule has 0 spiro atoms. The summed E-state index contributed by atoms with van der Waals surface area (Å²) in [6.45, 7) is 4.49. The Labute approximate surface area is 158 Å². The first-order chi connectivity index (χ1) is 12.7. The van der Waals surface area contributed by atoms with Crippen molar-refractivity contribution in [3.8, 4) is 11.3 Å². The van der Waals surface area contributed by atoms with Gasteiger partial charge in [-0.1, -0.05) is 41.9 Å². The zero-order chi connectivity index (χ0) is 18.4. The molecule has 1 N–H and O–H groups in total. The fraction of sp³-hybridized carbons (Fsp3) is 0.474. The Bertz CT molecular complexity index is 734. The van der Waals surface area contributed by atoms with Crippen molar-refractivity contribution in [2.75, 3.05) is 19.7 Å². The molecule has 2 aromatic rings. The highest BCUT2D eigenvalue weighted by Gasteiger charge is 2.24. The molecule has 0 unspecified atom stereocenters. The van der Waals surface area contributed by atoms with Gasteiger partial charge < -0.3 is 19.5 Å². The molecule has 1 aromatic heterocycles. The third-order valence-corrected chi connectivity index (χ3v) is 4.68. The van der Waals surface area contributed by atoms with Crippen molar-refractivity contribution < 1.29 is 14.1 Å². The molecule has 140 valence electrons. The van der Waals surface area contributed by atoms with E-state index in [1.807, 2.05) is 18.2 Å². The number of amides is 2. The van der Waals surface area contributed by atoms with Gasteiger partial charge in [-0.15, -0.1) is 0 Å². The Hall–Kier alpha value is -2.05. The Morgan fingerprint density at radius 2 is 2.31 bits per heavy atom. The van der Waals surface area contributed by atoms with Crippen molar-refractivity contribution in [2.24, 2.45) is 0 Å². The van der Waals surface area contributed by atoms with Gasteiger partial charge in [-0.2, -0.15) is 0 Å². The molecule has 2 amide bonds. The first kappa shape index (κ1) is 18.7. The SMILES string of the molecule is CCCO[C@H]1CCCN(C(=O)NCc2cc(-c3ccccc3Cl)no2)C1. The molecule has 1 fully saturated rings. The molecule has 0 radical (unpaired) electrons. The lowest BCUT2D eigenvalue weighted by Gasteiger charge is -2.32. The van der Waals surface area contributed by atoms with Gasteiger partial charge in [-0.3, -0.25) is 0 Å². The van der Waals surface area contributed by atoms with Crippen molar-refractivity contribution in [1.29, 1.82) is 0 Å². The Morgan fingerprint density at radius 1 is 1.46 bits per heavy atom. The smallest absolute Gasteiger partial charge is 0.317 e. The third-order valence-electron chi connectivity index (χ3n) is 4.35. The van der Waals surface area contributed by atoms with E-state index in [2.05, 4.69) is 17.4 Å². The standard InChI is InChI=1S/C19H24ClN3O3/c1-2-10-25-14-6-5-9-23(13-14)19(24)21-12-15-11-18(22-26-15)16-7-3-4-8-17(16)20/h3-4,7-8,11,14H,2,5-6,9-10,12-13H2,1H3,(H,21,24)/t14-/m0/s1. The second-order valence-electron chi connectivity index (χ2n) is 6.40. The zero-order valence-electron chi connectivity index (χ0n) is 14.9. The fourth-order valence-corrected chi connectivity index (χ4v) is 3.24. The molecule has 2 heterocycles. The van der Waals surface area contributed by atoms with Gasteiger partial charge in [0.2, 0.25) is 0 Å². The maximum Gasteiger partial charge on any atom is 0.317 e. The van der Waals surface area contributed by atoms with Crippen molar-refractivity contribution >= 4 is 17.6 Å². The molecule has 1 atom stereocenters. The average molecular weight is 378 g/mol. The number of piperidine rings is 1. The molecule has 6 nitrogen and oxygen atoms in total. The molecule has 1 aromatic carbocycles. The van der Waals surface area contributed by atoms with Crippen LogP contribution in [0.4, 0.5) is 4.79 Å². The van der Waals surface area contributed by atoms with Crippen molar-refractivity contribution in [3.63, 3.8) is 0 Å². The Kier molecular flexibility index (Phi) is 6.52. The quantitative estimate of drug-likeness (QED) is 0.823. The number of halogens is 1. The Morgan fingerprint density at radius 3 is 3.12 bits per heavy atom. The van der Waals surface area contributed by atoms with Gasteiger partial charge in [0.15, 0.2) is 5.76 Å². The molecule has 1 aliphatic rings. The molecule has 1 aliphatic heterocycles. The van der Waals surface area contributed by atoms with Crippen molar-refractivity contribution in [3.05, 3.63) is 41.1 Å². The van der Waals surface area contributed by atoms with Gasteiger partial charge >= 0.3 is 6.03 Å². The van der Waals surface area contributed by atoms with E-state index in [0.29, 0.717) is 23.0 Å².